The summed E-state index contributed by atoms with van der Waals surface area (Å²) in [6, 6.07) is 0.0536. The minimum absolute atomic E-state index is 0.0536. The van der Waals surface area contributed by atoms with Gasteiger partial charge in [0.15, 0.2) is 0 Å². The maximum absolute atomic E-state index is 10.4. The number of aliphatic hydroxyl groups is 1. The van der Waals surface area contributed by atoms with Crippen molar-refractivity contribution >= 4 is 5.97 Å². The fourth-order valence-corrected chi connectivity index (χ4v) is 0.804. The minimum atomic E-state index is -0.904. The maximum atomic E-state index is 10.4. The van der Waals surface area contributed by atoms with E-state index in [9.17, 15) is 4.79 Å². The zero-order chi connectivity index (χ0) is 10.3. The van der Waals surface area contributed by atoms with Gasteiger partial charge in [0.25, 0.3) is 0 Å². The molecule has 1 unspecified atom stereocenters. The van der Waals surface area contributed by atoms with Crippen LogP contribution in [0.2, 0.25) is 0 Å². The topological polar surface area (TPSA) is 69.6 Å². The predicted molar refractivity (Wildman–Crippen MR) is 50.6 cm³/mol. The van der Waals surface area contributed by atoms with Gasteiger partial charge in [-0.05, 0) is 13.3 Å². The van der Waals surface area contributed by atoms with Crippen LogP contribution in [-0.2, 0) is 4.79 Å². The van der Waals surface area contributed by atoms with E-state index >= 15 is 0 Å². The molecule has 0 aromatic carbocycles. The molecule has 0 rings (SSSR count). The largest absolute Gasteiger partial charge is 0.478 e. The average molecular weight is 187 g/mol. The Labute approximate surface area is 78.3 Å². The minimum Gasteiger partial charge on any atom is -0.478 e. The maximum Gasteiger partial charge on any atom is 0.330 e. The van der Waals surface area contributed by atoms with E-state index in [-0.39, 0.29) is 12.6 Å². The molecule has 4 nitrogen and oxygen atoms in total. The first-order chi connectivity index (χ1) is 6.11. The molecule has 0 amide bonds. The van der Waals surface area contributed by atoms with Gasteiger partial charge >= 0.3 is 5.97 Å². The average Bonchev–Trinajstić information content (AvgIpc) is 2.12. The van der Waals surface area contributed by atoms with Crippen LogP contribution in [0, 0.1) is 0 Å². The Morgan fingerprint density at radius 3 is 2.62 bits per heavy atom. The highest BCUT2D eigenvalue weighted by molar-refractivity contribution is 5.85. The molecule has 0 saturated carbocycles. The van der Waals surface area contributed by atoms with Crippen molar-refractivity contribution in [3.05, 3.63) is 11.6 Å². The van der Waals surface area contributed by atoms with Gasteiger partial charge in [0.2, 0.25) is 0 Å². The molecule has 13 heavy (non-hydrogen) atoms. The number of hydrogen-bond acceptors (Lipinski definition) is 3. The second-order valence-electron chi connectivity index (χ2n) is 2.89. The lowest BCUT2D eigenvalue weighted by molar-refractivity contribution is -0.132. The lowest BCUT2D eigenvalue weighted by Crippen LogP contribution is -2.31. The van der Waals surface area contributed by atoms with E-state index in [1.54, 1.807) is 13.0 Å². The Hall–Kier alpha value is -0.870. The molecule has 0 aromatic heterocycles. The normalized spacial score (nSPS) is 14.2. The van der Waals surface area contributed by atoms with Crippen LogP contribution in [0.25, 0.3) is 0 Å². The first-order valence-corrected chi connectivity index (χ1v) is 4.36. The molecule has 76 valence electrons. The molecule has 0 aliphatic carbocycles. The number of carboxylic acid groups (broad SMARTS) is 1. The molecule has 0 saturated heterocycles. The summed E-state index contributed by atoms with van der Waals surface area (Å²) in [6.45, 7) is 4.07. The molecular formula is C9H17NO3. The van der Waals surface area contributed by atoms with Crippen molar-refractivity contribution in [3.63, 3.8) is 0 Å². The van der Waals surface area contributed by atoms with Gasteiger partial charge in [-0.2, -0.15) is 0 Å². The molecule has 0 aliphatic rings. The van der Waals surface area contributed by atoms with Crippen molar-refractivity contribution < 1.29 is 15.0 Å². The zero-order valence-electron chi connectivity index (χ0n) is 8.08. The number of carboxylic acids is 1. The third-order valence-corrected chi connectivity index (χ3v) is 1.87. The predicted octanol–water partition coefficient (Wildman–Crippen LogP) is 0.378. The molecule has 0 aromatic rings. The standard InChI is InChI=1S/C9H17NO3/c1-3-8(6-11)10-5-4-7(2)9(12)13/h4,8,10-11H,3,5-6H2,1-2H3,(H,12,13)/b7-4-. The zero-order valence-corrected chi connectivity index (χ0v) is 8.08. The van der Waals surface area contributed by atoms with Crippen molar-refractivity contribution in [1.29, 1.82) is 0 Å². The molecule has 3 N–H and O–H groups in total. The Morgan fingerprint density at radius 2 is 2.23 bits per heavy atom. The second-order valence-corrected chi connectivity index (χ2v) is 2.89. The number of rotatable bonds is 6. The number of hydrogen-bond donors (Lipinski definition) is 3. The van der Waals surface area contributed by atoms with E-state index in [0.717, 1.165) is 6.42 Å². The van der Waals surface area contributed by atoms with Crippen molar-refractivity contribution in [3.8, 4) is 0 Å². The van der Waals surface area contributed by atoms with Gasteiger partial charge in [0.1, 0.15) is 0 Å². The summed E-state index contributed by atoms with van der Waals surface area (Å²) in [6.07, 6.45) is 2.43. The van der Waals surface area contributed by atoms with E-state index in [1.807, 2.05) is 6.92 Å². The van der Waals surface area contributed by atoms with Crippen LogP contribution in [0.4, 0.5) is 0 Å². The Kier molecular flexibility index (Phi) is 6.18. The van der Waals surface area contributed by atoms with Crippen LogP contribution in [-0.4, -0.2) is 35.4 Å². The molecule has 0 bridgehead atoms. The lowest BCUT2D eigenvalue weighted by Gasteiger charge is -2.11. The first kappa shape index (κ1) is 12.1. The molecule has 4 heteroatoms. The van der Waals surface area contributed by atoms with Crippen molar-refractivity contribution in [2.75, 3.05) is 13.2 Å². The van der Waals surface area contributed by atoms with Gasteiger partial charge in [-0.25, -0.2) is 4.79 Å². The van der Waals surface area contributed by atoms with E-state index < -0.39 is 5.97 Å². The summed E-state index contributed by atoms with van der Waals surface area (Å²) in [5.74, 6) is -0.904. The summed E-state index contributed by atoms with van der Waals surface area (Å²) in [5, 5.41) is 20.3. The third kappa shape index (κ3) is 5.38. The van der Waals surface area contributed by atoms with Gasteiger partial charge in [0.05, 0.1) is 6.61 Å². The number of nitrogens with one attached hydrogen (secondary N) is 1. The van der Waals surface area contributed by atoms with Crippen molar-refractivity contribution in [2.45, 2.75) is 26.3 Å². The fraction of sp³-hybridized carbons (Fsp3) is 0.667. The summed E-state index contributed by atoms with van der Waals surface area (Å²) in [4.78, 5) is 10.4. The van der Waals surface area contributed by atoms with Gasteiger partial charge in [0, 0.05) is 18.2 Å². The molecular weight excluding hydrogens is 170 g/mol. The summed E-state index contributed by atoms with van der Waals surface area (Å²) < 4.78 is 0. The van der Waals surface area contributed by atoms with Crippen molar-refractivity contribution in [1.82, 2.24) is 5.32 Å². The number of aliphatic hydroxyl groups excluding tert-OH is 1. The number of aliphatic carboxylic acids is 1. The highest BCUT2D eigenvalue weighted by atomic mass is 16.4. The Balaban J connectivity index is 3.76. The molecule has 0 heterocycles. The Bertz CT molecular complexity index is 185. The monoisotopic (exact) mass is 187 g/mol. The second kappa shape index (κ2) is 6.62. The number of carbonyl (C=O) groups is 1. The molecule has 0 radical (unpaired) electrons. The fourth-order valence-electron chi connectivity index (χ4n) is 0.804. The van der Waals surface area contributed by atoms with Gasteiger partial charge in [-0.3, -0.25) is 0 Å². The van der Waals surface area contributed by atoms with E-state index in [4.69, 9.17) is 10.2 Å². The van der Waals surface area contributed by atoms with Crippen LogP contribution >= 0.6 is 0 Å². The van der Waals surface area contributed by atoms with Crippen molar-refractivity contribution in [2.24, 2.45) is 0 Å². The lowest BCUT2D eigenvalue weighted by atomic mass is 10.2. The van der Waals surface area contributed by atoms with Crippen LogP contribution in [0.3, 0.4) is 0 Å². The van der Waals surface area contributed by atoms with Gasteiger partial charge < -0.3 is 15.5 Å². The van der Waals surface area contributed by atoms with E-state index in [0.29, 0.717) is 12.1 Å². The van der Waals surface area contributed by atoms with E-state index in [2.05, 4.69) is 5.32 Å². The van der Waals surface area contributed by atoms with Crippen LogP contribution in [0.15, 0.2) is 11.6 Å². The first-order valence-electron chi connectivity index (χ1n) is 4.36. The Morgan fingerprint density at radius 1 is 1.62 bits per heavy atom. The SMILES string of the molecule is CCC(CO)NC/C=C(/C)C(=O)O. The van der Waals surface area contributed by atoms with Crippen LogP contribution in [0.1, 0.15) is 20.3 Å². The molecule has 0 aliphatic heterocycles. The summed E-state index contributed by atoms with van der Waals surface area (Å²) >= 11 is 0. The van der Waals surface area contributed by atoms with Crippen LogP contribution in [0.5, 0.6) is 0 Å². The molecule has 0 fully saturated rings. The van der Waals surface area contributed by atoms with Gasteiger partial charge in [-0.15, -0.1) is 0 Å². The summed E-state index contributed by atoms with van der Waals surface area (Å²) in [7, 11) is 0. The highest BCUT2D eigenvalue weighted by Gasteiger charge is 2.02. The quantitative estimate of drug-likeness (QED) is 0.526. The molecule has 1 atom stereocenters. The van der Waals surface area contributed by atoms with Crippen LogP contribution < -0.4 is 5.32 Å². The summed E-state index contributed by atoms with van der Waals surface area (Å²) in [5.41, 5.74) is 0.320. The third-order valence-electron chi connectivity index (χ3n) is 1.87. The molecule has 0 spiro atoms. The van der Waals surface area contributed by atoms with E-state index in [1.165, 1.54) is 0 Å². The van der Waals surface area contributed by atoms with Gasteiger partial charge in [-0.1, -0.05) is 13.0 Å². The smallest absolute Gasteiger partial charge is 0.330 e. The highest BCUT2D eigenvalue weighted by Crippen LogP contribution is 1.92.